The Balaban J connectivity index is 2.59. The molecular weight excluding hydrogens is 186 g/mol. The molecule has 0 aromatic rings. The molecule has 90 valence electrons. The molecule has 1 heterocycles. The van der Waals surface area contributed by atoms with Gasteiger partial charge in [-0.2, -0.15) is 0 Å². The van der Waals surface area contributed by atoms with Gasteiger partial charge in [0.25, 0.3) is 0 Å². The van der Waals surface area contributed by atoms with E-state index in [1.165, 1.54) is 25.9 Å². The smallest absolute Gasteiger partial charge is 0.0353 e. The first-order valence-corrected chi connectivity index (χ1v) is 6.10. The first-order valence-electron chi connectivity index (χ1n) is 6.10. The normalized spacial score (nSPS) is 22.6. The van der Waals surface area contributed by atoms with Crippen LogP contribution in [0.15, 0.2) is 0 Å². The Morgan fingerprint density at radius 2 is 1.87 bits per heavy atom. The average molecular weight is 213 g/mol. The van der Waals surface area contributed by atoms with Crippen molar-refractivity contribution in [3.05, 3.63) is 0 Å². The quantitative estimate of drug-likeness (QED) is 0.756. The summed E-state index contributed by atoms with van der Waals surface area (Å²) in [7, 11) is 4.43. The molecule has 0 aromatic heterocycles. The Kier molecular flexibility index (Phi) is 4.56. The maximum atomic E-state index is 6.00. The maximum Gasteiger partial charge on any atom is 0.0353 e. The zero-order valence-corrected chi connectivity index (χ0v) is 10.8. The van der Waals surface area contributed by atoms with Gasteiger partial charge in [0.1, 0.15) is 0 Å². The van der Waals surface area contributed by atoms with Gasteiger partial charge in [0.05, 0.1) is 0 Å². The molecule has 0 atom stereocenters. The van der Waals surface area contributed by atoms with Gasteiger partial charge in [0, 0.05) is 18.6 Å². The molecule has 1 fully saturated rings. The van der Waals surface area contributed by atoms with Gasteiger partial charge in [-0.1, -0.05) is 13.8 Å². The van der Waals surface area contributed by atoms with Crippen LogP contribution in [-0.4, -0.2) is 55.6 Å². The summed E-state index contributed by atoms with van der Waals surface area (Å²) in [6.07, 6.45) is 2.42. The molecule has 1 aliphatic rings. The van der Waals surface area contributed by atoms with Crippen molar-refractivity contribution >= 4 is 0 Å². The van der Waals surface area contributed by atoms with E-state index in [9.17, 15) is 0 Å². The van der Waals surface area contributed by atoms with E-state index in [1.807, 2.05) is 0 Å². The van der Waals surface area contributed by atoms with Crippen LogP contribution in [0.4, 0.5) is 0 Å². The van der Waals surface area contributed by atoms with Crippen molar-refractivity contribution in [2.75, 3.05) is 40.3 Å². The first kappa shape index (κ1) is 12.9. The Morgan fingerprint density at radius 1 is 1.33 bits per heavy atom. The van der Waals surface area contributed by atoms with Crippen LogP contribution in [-0.2, 0) is 0 Å². The molecule has 3 nitrogen and oxygen atoms in total. The fourth-order valence-electron chi connectivity index (χ4n) is 2.52. The van der Waals surface area contributed by atoms with E-state index in [-0.39, 0.29) is 5.54 Å². The maximum absolute atomic E-state index is 6.00. The Hall–Kier alpha value is -0.120. The Morgan fingerprint density at radius 3 is 2.27 bits per heavy atom. The lowest BCUT2D eigenvalue weighted by Crippen LogP contribution is -2.58. The summed E-state index contributed by atoms with van der Waals surface area (Å²) < 4.78 is 0. The number of hydrogen-bond donors (Lipinski definition) is 1. The van der Waals surface area contributed by atoms with Crippen LogP contribution < -0.4 is 5.73 Å². The summed E-state index contributed by atoms with van der Waals surface area (Å²) in [5, 5.41) is 0. The Labute approximate surface area is 94.6 Å². The number of piperidine rings is 1. The monoisotopic (exact) mass is 213 g/mol. The van der Waals surface area contributed by atoms with Crippen molar-refractivity contribution in [2.24, 2.45) is 11.7 Å². The molecule has 0 spiro atoms. The van der Waals surface area contributed by atoms with Gasteiger partial charge in [0.2, 0.25) is 0 Å². The fraction of sp³-hybridized carbons (Fsp3) is 1.00. The van der Waals surface area contributed by atoms with Gasteiger partial charge in [-0.15, -0.1) is 0 Å². The Bertz CT molecular complexity index is 183. The molecule has 1 rings (SSSR count). The molecule has 0 saturated carbocycles. The lowest BCUT2D eigenvalue weighted by atomic mass is 9.85. The summed E-state index contributed by atoms with van der Waals surface area (Å²) in [6.45, 7) is 8.86. The molecule has 0 bridgehead atoms. The van der Waals surface area contributed by atoms with Crippen LogP contribution >= 0.6 is 0 Å². The van der Waals surface area contributed by atoms with Gasteiger partial charge < -0.3 is 10.6 Å². The number of hydrogen-bond acceptors (Lipinski definition) is 3. The zero-order valence-electron chi connectivity index (χ0n) is 10.8. The van der Waals surface area contributed by atoms with E-state index >= 15 is 0 Å². The standard InChI is InChI=1S/C12H27N3/c1-11(2)9-15(4)12(10-13)5-7-14(3)8-6-12/h11H,5-10,13H2,1-4H3. The van der Waals surface area contributed by atoms with E-state index in [1.54, 1.807) is 0 Å². The minimum absolute atomic E-state index is 0.261. The van der Waals surface area contributed by atoms with Crippen LogP contribution in [0.5, 0.6) is 0 Å². The zero-order chi connectivity index (χ0) is 11.5. The van der Waals surface area contributed by atoms with Crippen molar-refractivity contribution in [1.82, 2.24) is 9.80 Å². The van der Waals surface area contributed by atoms with Gasteiger partial charge >= 0.3 is 0 Å². The predicted molar refractivity (Wildman–Crippen MR) is 66.0 cm³/mol. The van der Waals surface area contributed by atoms with Crippen LogP contribution in [0.25, 0.3) is 0 Å². The summed E-state index contributed by atoms with van der Waals surface area (Å²) >= 11 is 0. The van der Waals surface area contributed by atoms with Gasteiger partial charge in [-0.3, -0.25) is 4.90 Å². The van der Waals surface area contributed by atoms with E-state index in [0.717, 1.165) is 19.0 Å². The van der Waals surface area contributed by atoms with Crippen LogP contribution in [0.2, 0.25) is 0 Å². The van der Waals surface area contributed by atoms with Gasteiger partial charge in [-0.05, 0) is 45.9 Å². The van der Waals surface area contributed by atoms with E-state index in [2.05, 4.69) is 37.7 Å². The van der Waals surface area contributed by atoms with Crippen molar-refractivity contribution in [3.8, 4) is 0 Å². The van der Waals surface area contributed by atoms with Crippen LogP contribution in [0.1, 0.15) is 26.7 Å². The highest BCUT2D eigenvalue weighted by Crippen LogP contribution is 2.27. The molecule has 1 aliphatic heterocycles. The molecule has 2 N–H and O–H groups in total. The fourth-order valence-corrected chi connectivity index (χ4v) is 2.52. The molecule has 0 radical (unpaired) electrons. The van der Waals surface area contributed by atoms with E-state index < -0.39 is 0 Å². The molecular formula is C12H27N3. The summed E-state index contributed by atoms with van der Waals surface area (Å²) in [4.78, 5) is 4.89. The second-order valence-electron chi connectivity index (χ2n) is 5.51. The van der Waals surface area contributed by atoms with E-state index in [4.69, 9.17) is 5.73 Å². The minimum Gasteiger partial charge on any atom is -0.329 e. The third-order valence-corrected chi connectivity index (χ3v) is 3.75. The lowest BCUT2D eigenvalue weighted by Gasteiger charge is -2.47. The molecule has 0 unspecified atom stereocenters. The SMILES string of the molecule is CC(C)CN(C)C1(CN)CCN(C)CC1. The first-order chi connectivity index (χ1) is 7.00. The molecule has 15 heavy (non-hydrogen) atoms. The lowest BCUT2D eigenvalue weighted by molar-refractivity contribution is 0.0461. The molecule has 0 aromatic carbocycles. The number of nitrogens with two attached hydrogens (primary N) is 1. The van der Waals surface area contributed by atoms with Crippen molar-refractivity contribution in [3.63, 3.8) is 0 Å². The molecule has 0 amide bonds. The highest BCUT2D eigenvalue weighted by Gasteiger charge is 2.36. The van der Waals surface area contributed by atoms with Crippen molar-refractivity contribution in [1.29, 1.82) is 0 Å². The average Bonchev–Trinajstić information content (AvgIpc) is 2.18. The largest absolute Gasteiger partial charge is 0.329 e. The number of likely N-dealkylation sites (tertiary alicyclic amines) is 1. The van der Waals surface area contributed by atoms with Gasteiger partial charge in [0.15, 0.2) is 0 Å². The number of nitrogens with zero attached hydrogens (tertiary/aromatic N) is 2. The van der Waals surface area contributed by atoms with E-state index in [0.29, 0.717) is 0 Å². The van der Waals surface area contributed by atoms with Crippen LogP contribution in [0.3, 0.4) is 0 Å². The highest BCUT2D eigenvalue weighted by molar-refractivity contribution is 4.94. The third-order valence-electron chi connectivity index (χ3n) is 3.75. The second kappa shape index (κ2) is 5.28. The highest BCUT2D eigenvalue weighted by atomic mass is 15.2. The van der Waals surface area contributed by atoms with Gasteiger partial charge in [-0.25, -0.2) is 0 Å². The van der Waals surface area contributed by atoms with Crippen molar-refractivity contribution in [2.45, 2.75) is 32.2 Å². The number of likely N-dealkylation sites (N-methyl/N-ethyl adjacent to an activating group) is 1. The van der Waals surface area contributed by atoms with Crippen LogP contribution in [0, 0.1) is 5.92 Å². The second-order valence-corrected chi connectivity index (χ2v) is 5.51. The minimum atomic E-state index is 0.261. The molecule has 0 aliphatic carbocycles. The summed E-state index contributed by atoms with van der Waals surface area (Å²) in [5.74, 6) is 0.720. The predicted octanol–water partition coefficient (Wildman–Crippen LogP) is 0.997. The third kappa shape index (κ3) is 3.16. The number of rotatable bonds is 4. The molecule has 1 saturated heterocycles. The van der Waals surface area contributed by atoms with Crippen molar-refractivity contribution < 1.29 is 0 Å². The topological polar surface area (TPSA) is 32.5 Å². The summed E-state index contributed by atoms with van der Waals surface area (Å²) in [6, 6.07) is 0. The summed E-state index contributed by atoms with van der Waals surface area (Å²) in [5.41, 5.74) is 6.26. The molecule has 3 heteroatoms.